The highest BCUT2D eigenvalue weighted by atomic mass is 35.5. The molecule has 3 heteroatoms. The number of nitrogens with one attached hydrogen (secondary N) is 1. The summed E-state index contributed by atoms with van der Waals surface area (Å²) in [5, 5.41) is 4.77. The molecule has 0 heterocycles. The van der Waals surface area contributed by atoms with Crippen molar-refractivity contribution in [2.24, 2.45) is 5.92 Å². The standard InChI is InChI=1S/C13H19Cl2N/c1-4-7-16-13(9(2)3)10-5-6-11(14)12(15)8-10/h5-6,8-9,13,16H,4,7H2,1-3H3. The number of halogens is 2. The first-order chi connectivity index (χ1) is 7.56. The molecule has 0 saturated heterocycles. The Morgan fingerprint density at radius 1 is 1.19 bits per heavy atom. The zero-order chi connectivity index (χ0) is 12.1. The topological polar surface area (TPSA) is 12.0 Å². The second-order valence-corrected chi connectivity index (χ2v) is 5.16. The summed E-state index contributed by atoms with van der Waals surface area (Å²) in [4.78, 5) is 0. The fourth-order valence-corrected chi connectivity index (χ4v) is 2.05. The fraction of sp³-hybridized carbons (Fsp3) is 0.538. The monoisotopic (exact) mass is 259 g/mol. The highest BCUT2D eigenvalue weighted by Gasteiger charge is 2.15. The molecule has 16 heavy (non-hydrogen) atoms. The number of hydrogen-bond donors (Lipinski definition) is 1. The molecule has 0 aliphatic carbocycles. The normalized spacial score (nSPS) is 13.1. The molecule has 0 aromatic heterocycles. The Hall–Kier alpha value is -0.240. The molecule has 0 fully saturated rings. The third kappa shape index (κ3) is 3.65. The molecule has 1 atom stereocenters. The van der Waals surface area contributed by atoms with Crippen LogP contribution in [0.3, 0.4) is 0 Å². The Morgan fingerprint density at radius 2 is 1.88 bits per heavy atom. The van der Waals surface area contributed by atoms with Crippen LogP contribution in [0.2, 0.25) is 10.0 Å². The van der Waals surface area contributed by atoms with Crippen LogP contribution in [0.4, 0.5) is 0 Å². The average molecular weight is 260 g/mol. The molecule has 0 spiro atoms. The van der Waals surface area contributed by atoms with Gasteiger partial charge in [-0.3, -0.25) is 0 Å². The Bertz CT molecular complexity index is 337. The summed E-state index contributed by atoms with van der Waals surface area (Å²) in [5.74, 6) is 0.531. The van der Waals surface area contributed by atoms with E-state index in [2.05, 4.69) is 26.1 Å². The Morgan fingerprint density at radius 3 is 2.38 bits per heavy atom. The second-order valence-electron chi connectivity index (χ2n) is 4.35. The molecule has 1 aromatic rings. The maximum atomic E-state index is 6.04. The van der Waals surface area contributed by atoms with Crippen molar-refractivity contribution in [3.63, 3.8) is 0 Å². The number of benzene rings is 1. The quantitative estimate of drug-likeness (QED) is 0.809. The maximum Gasteiger partial charge on any atom is 0.0595 e. The molecule has 0 bridgehead atoms. The van der Waals surface area contributed by atoms with E-state index in [1.165, 1.54) is 5.56 Å². The van der Waals surface area contributed by atoms with E-state index >= 15 is 0 Å². The van der Waals surface area contributed by atoms with Gasteiger partial charge in [0.25, 0.3) is 0 Å². The summed E-state index contributed by atoms with van der Waals surface area (Å²) in [5.41, 5.74) is 1.21. The van der Waals surface area contributed by atoms with Crippen LogP contribution in [0, 0.1) is 5.92 Å². The Balaban J connectivity index is 2.88. The van der Waals surface area contributed by atoms with Crippen molar-refractivity contribution >= 4 is 23.2 Å². The predicted octanol–water partition coefficient (Wildman–Crippen LogP) is 4.69. The van der Waals surface area contributed by atoms with Crippen LogP contribution in [0.5, 0.6) is 0 Å². The van der Waals surface area contributed by atoms with E-state index in [0.717, 1.165) is 13.0 Å². The van der Waals surface area contributed by atoms with Crippen molar-refractivity contribution in [2.45, 2.75) is 33.2 Å². The van der Waals surface area contributed by atoms with Gasteiger partial charge in [-0.15, -0.1) is 0 Å². The maximum absolute atomic E-state index is 6.04. The van der Waals surface area contributed by atoms with Gasteiger partial charge in [0.05, 0.1) is 10.0 Å². The van der Waals surface area contributed by atoms with E-state index in [4.69, 9.17) is 23.2 Å². The highest BCUT2D eigenvalue weighted by Crippen LogP contribution is 2.28. The summed E-state index contributed by atoms with van der Waals surface area (Å²) in [6, 6.07) is 6.20. The summed E-state index contributed by atoms with van der Waals surface area (Å²) in [6.45, 7) is 7.59. The van der Waals surface area contributed by atoms with Crippen molar-refractivity contribution < 1.29 is 0 Å². The Labute approximate surface area is 108 Å². The first-order valence-corrected chi connectivity index (χ1v) is 6.50. The fourth-order valence-electron chi connectivity index (χ4n) is 1.74. The summed E-state index contributed by atoms with van der Waals surface area (Å²) < 4.78 is 0. The molecule has 90 valence electrons. The van der Waals surface area contributed by atoms with E-state index < -0.39 is 0 Å². The molecule has 0 aliphatic rings. The van der Waals surface area contributed by atoms with Gasteiger partial charge in [0.15, 0.2) is 0 Å². The third-order valence-corrected chi connectivity index (χ3v) is 3.32. The van der Waals surface area contributed by atoms with Gasteiger partial charge in [-0.2, -0.15) is 0 Å². The van der Waals surface area contributed by atoms with Crippen molar-refractivity contribution in [3.05, 3.63) is 33.8 Å². The third-order valence-electron chi connectivity index (χ3n) is 2.58. The summed E-state index contributed by atoms with van der Waals surface area (Å²) in [7, 11) is 0. The minimum Gasteiger partial charge on any atom is -0.310 e. The first-order valence-electron chi connectivity index (χ1n) is 5.74. The van der Waals surface area contributed by atoms with E-state index in [9.17, 15) is 0 Å². The molecular weight excluding hydrogens is 241 g/mol. The van der Waals surface area contributed by atoms with Gasteiger partial charge in [0, 0.05) is 6.04 Å². The van der Waals surface area contributed by atoms with Crippen LogP contribution in [0.1, 0.15) is 38.8 Å². The average Bonchev–Trinajstić information content (AvgIpc) is 2.23. The largest absolute Gasteiger partial charge is 0.310 e. The molecule has 0 radical (unpaired) electrons. The molecule has 1 aromatic carbocycles. The molecule has 1 N–H and O–H groups in total. The lowest BCUT2D eigenvalue weighted by Crippen LogP contribution is -2.26. The molecular formula is C13H19Cl2N. The minimum atomic E-state index is 0.342. The molecule has 0 aliphatic heterocycles. The van der Waals surface area contributed by atoms with Crippen molar-refractivity contribution in [2.75, 3.05) is 6.54 Å². The second kappa shape index (κ2) is 6.48. The molecule has 1 rings (SSSR count). The zero-order valence-electron chi connectivity index (χ0n) is 10.1. The van der Waals surface area contributed by atoms with Crippen molar-refractivity contribution in [1.29, 1.82) is 0 Å². The van der Waals surface area contributed by atoms with Gasteiger partial charge < -0.3 is 5.32 Å². The van der Waals surface area contributed by atoms with Crippen molar-refractivity contribution in [3.8, 4) is 0 Å². The minimum absolute atomic E-state index is 0.342. The van der Waals surface area contributed by atoms with Crippen LogP contribution >= 0.6 is 23.2 Å². The van der Waals surface area contributed by atoms with Gasteiger partial charge in [0.1, 0.15) is 0 Å². The van der Waals surface area contributed by atoms with Crippen LogP contribution in [-0.2, 0) is 0 Å². The lowest BCUT2D eigenvalue weighted by atomic mass is 9.96. The lowest BCUT2D eigenvalue weighted by Gasteiger charge is -2.23. The van der Waals surface area contributed by atoms with E-state index in [-0.39, 0.29) is 0 Å². The zero-order valence-corrected chi connectivity index (χ0v) is 11.6. The predicted molar refractivity (Wildman–Crippen MR) is 72.3 cm³/mol. The number of hydrogen-bond acceptors (Lipinski definition) is 1. The lowest BCUT2D eigenvalue weighted by molar-refractivity contribution is 0.413. The molecule has 1 unspecified atom stereocenters. The smallest absolute Gasteiger partial charge is 0.0595 e. The van der Waals surface area contributed by atoms with Crippen LogP contribution in [-0.4, -0.2) is 6.54 Å². The van der Waals surface area contributed by atoms with E-state index in [1.54, 1.807) is 0 Å². The van der Waals surface area contributed by atoms with E-state index in [0.29, 0.717) is 22.0 Å². The van der Waals surface area contributed by atoms with Gasteiger partial charge in [-0.25, -0.2) is 0 Å². The van der Waals surface area contributed by atoms with Crippen LogP contribution in [0.15, 0.2) is 18.2 Å². The summed E-state index contributed by atoms with van der Waals surface area (Å²) in [6.07, 6.45) is 1.13. The molecule has 0 amide bonds. The molecule has 1 nitrogen and oxygen atoms in total. The SMILES string of the molecule is CCCNC(c1ccc(Cl)c(Cl)c1)C(C)C. The van der Waals surface area contributed by atoms with Gasteiger partial charge >= 0.3 is 0 Å². The molecule has 0 saturated carbocycles. The van der Waals surface area contributed by atoms with Gasteiger partial charge in [-0.05, 0) is 36.6 Å². The van der Waals surface area contributed by atoms with Gasteiger partial charge in [-0.1, -0.05) is 50.0 Å². The Kier molecular flexibility index (Phi) is 5.60. The summed E-state index contributed by atoms with van der Waals surface area (Å²) >= 11 is 12.0. The number of rotatable bonds is 5. The van der Waals surface area contributed by atoms with Crippen LogP contribution < -0.4 is 5.32 Å². The highest BCUT2D eigenvalue weighted by molar-refractivity contribution is 6.42. The van der Waals surface area contributed by atoms with E-state index in [1.807, 2.05) is 18.2 Å². The van der Waals surface area contributed by atoms with Crippen LogP contribution in [0.25, 0.3) is 0 Å². The first kappa shape index (κ1) is 13.8. The van der Waals surface area contributed by atoms with Crippen molar-refractivity contribution in [1.82, 2.24) is 5.32 Å². The van der Waals surface area contributed by atoms with Gasteiger partial charge in [0.2, 0.25) is 0 Å².